The van der Waals surface area contributed by atoms with Crippen LogP contribution in [-0.4, -0.2) is 43.3 Å². The summed E-state index contributed by atoms with van der Waals surface area (Å²) < 4.78 is 5.62. The first-order chi connectivity index (χ1) is 8.25. The van der Waals surface area contributed by atoms with Gasteiger partial charge < -0.3 is 10.1 Å². The van der Waals surface area contributed by atoms with Crippen LogP contribution in [0.4, 0.5) is 5.69 Å². The fraction of sp³-hybridized carbons (Fsp3) is 0.571. The van der Waals surface area contributed by atoms with Gasteiger partial charge in [0.2, 0.25) is 0 Å². The number of para-hydroxylation sites is 1. The lowest BCUT2D eigenvalue weighted by Gasteiger charge is -2.36. The number of nitrogens with zero attached hydrogens (tertiary/aromatic N) is 1. The fourth-order valence-electron chi connectivity index (χ4n) is 2.18. The average molecular weight is 234 g/mol. The van der Waals surface area contributed by atoms with Crippen LogP contribution in [0.15, 0.2) is 30.3 Å². The Hall–Kier alpha value is -1.06. The first-order valence-electron chi connectivity index (χ1n) is 6.40. The van der Waals surface area contributed by atoms with E-state index in [-0.39, 0.29) is 0 Å². The molecule has 3 nitrogen and oxygen atoms in total. The van der Waals surface area contributed by atoms with Gasteiger partial charge in [0.25, 0.3) is 0 Å². The number of nitrogens with one attached hydrogen (secondary N) is 1. The average Bonchev–Trinajstić information content (AvgIpc) is 2.35. The summed E-state index contributed by atoms with van der Waals surface area (Å²) >= 11 is 0. The monoisotopic (exact) mass is 234 g/mol. The standard InChI is InChI=1S/C14H22N2O/c1-12-11-17-13(2)10-16(12)9-8-15-14-6-4-3-5-7-14/h3-7,12-13,15H,8-11H2,1-2H3. The van der Waals surface area contributed by atoms with Crippen LogP contribution in [0.25, 0.3) is 0 Å². The minimum atomic E-state index is 0.364. The minimum Gasteiger partial charge on any atom is -0.384 e. The van der Waals surface area contributed by atoms with Crippen molar-refractivity contribution in [2.24, 2.45) is 0 Å². The molecule has 1 aromatic carbocycles. The van der Waals surface area contributed by atoms with Gasteiger partial charge in [0.05, 0.1) is 12.7 Å². The number of morpholine rings is 1. The lowest BCUT2D eigenvalue weighted by Crippen LogP contribution is -2.48. The summed E-state index contributed by atoms with van der Waals surface area (Å²) in [4.78, 5) is 2.49. The molecule has 2 atom stereocenters. The minimum absolute atomic E-state index is 0.364. The van der Waals surface area contributed by atoms with Crippen LogP contribution in [0.2, 0.25) is 0 Å². The molecule has 1 N–H and O–H groups in total. The van der Waals surface area contributed by atoms with Crippen LogP contribution in [0.3, 0.4) is 0 Å². The van der Waals surface area contributed by atoms with Gasteiger partial charge >= 0.3 is 0 Å². The van der Waals surface area contributed by atoms with E-state index in [1.807, 2.05) is 6.07 Å². The molecular formula is C14H22N2O. The maximum Gasteiger partial charge on any atom is 0.0674 e. The SMILES string of the molecule is CC1CN(CCNc2ccccc2)C(C)CO1. The molecule has 1 heterocycles. The van der Waals surface area contributed by atoms with Gasteiger partial charge in [-0.3, -0.25) is 4.90 Å². The Labute approximate surface area is 104 Å². The third-order valence-corrected chi connectivity index (χ3v) is 3.24. The second-order valence-electron chi connectivity index (χ2n) is 4.78. The molecule has 0 amide bonds. The molecular weight excluding hydrogens is 212 g/mol. The molecule has 94 valence electrons. The van der Waals surface area contributed by atoms with Gasteiger partial charge in [-0.15, -0.1) is 0 Å². The van der Waals surface area contributed by atoms with E-state index in [0.29, 0.717) is 12.1 Å². The molecule has 1 aliphatic rings. The lowest BCUT2D eigenvalue weighted by molar-refractivity contribution is -0.0476. The zero-order chi connectivity index (χ0) is 12.1. The summed E-state index contributed by atoms with van der Waals surface area (Å²) in [6.07, 6.45) is 0.364. The Kier molecular flexibility index (Phi) is 4.40. The van der Waals surface area contributed by atoms with Crippen molar-refractivity contribution in [1.29, 1.82) is 0 Å². The van der Waals surface area contributed by atoms with E-state index in [1.54, 1.807) is 0 Å². The highest BCUT2D eigenvalue weighted by Gasteiger charge is 2.22. The van der Waals surface area contributed by atoms with Crippen molar-refractivity contribution in [3.63, 3.8) is 0 Å². The van der Waals surface area contributed by atoms with Gasteiger partial charge in [0.1, 0.15) is 0 Å². The Morgan fingerprint density at radius 3 is 2.82 bits per heavy atom. The fourth-order valence-corrected chi connectivity index (χ4v) is 2.18. The maximum absolute atomic E-state index is 5.62. The topological polar surface area (TPSA) is 24.5 Å². The van der Waals surface area contributed by atoms with E-state index in [1.165, 1.54) is 5.69 Å². The normalized spacial score (nSPS) is 25.8. The summed E-state index contributed by atoms with van der Waals surface area (Å²) in [5.41, 5.74) is 1.20. The molecule has 3 heteroatoms. The van der Waals surface area contributed by atoms with E-state index in [0.717, 1.165) is 26.2 Å². The van der Waals surface area contributed by atoms with Crippen LogP contribution in [0, 0.1) is 0 Å². The number of benzene rings is 1. The highest BCUT2D eigenvalue weighted by Crippen LogP contribution is 2.11. The Bertz CT molecular complexity index is 328. The first-order valence-corrected chi connectivity index (χ1v) is 6.40. The Morgan fingerprint density at radius 1 is 1.29 bits per heavy atom. The smallest absolute Gasteiger partial charge is 0.0674 e. The molecule has 1 aliphatic heterocycles. The van der Waals surface area contributed by atoms with Gasteiger partial charge in [-0.2, -0.15) is 0 Å². The number of hydrogen-bond donors (Lipinski definition) is 1. The van der Waals surface area contributed by atoms with Gasteiger partial charge in [-0.25, -0.2) is 0 Å². The quantitative estimate of drug-likeness (QED) is 0.864. The molecule has 0 bridgehead atoms. The molecule has 0 radical (unpaired) electrons. The van der Waals surface area contributed by atoms with Crippen LogP contribution >= 0.6 is 0 Å². The van der Waals surface area contributed by atoms with Crippen molar-refractivity contribution in [2.45, 2.75) is 26.0 Å². The largest absolute Gasteiger partial charge is 0.384 e. The number of anilines is 1. The van der Waals surface area contributed by atoms with Crippen LogP contribution in [0.5, 0.6) is 0 Å². The van der Waals surface area contributed by atoms with E-state index in [9.17, 15) is 0 Å². The Balaban J connectivity index is 1.74. The van der Waals surface area contributed by atoms with Crippen molar-refractivity contribution < 1.29 is 4.74 Å². The second-order valence-corrected chi connectivity index (χ2v) is 4.78. The highest BCUT2D eigenvalue weighted by molar-refractivity contribution is 5.42. The molecule has 0 saturated carbocycles. The van der Waals surface area contributed by atoms with E-state index in [4.69, 9.17) is 4.74 Å². The van der Waals surface area contributed by atoms with Crippen molar-refractivity contribution >= 4 is 5.69 Å². The molecule has 2 rings (SSSR count). The van der Waals surface area contributed by atoms with E-state index in [2.05, 4.69) is 48.3 Å². The predicted octanol–water partition coefficient (Wildman–Crippen LogP) is 2.21. The molecule has 0 aliphatic carbocycles. The van der Waals surface area contributed by atoms with Gasteiger partial charge in [0.15, 0.2) is 0 Å². The molecule has 0 aromatic heterocycles. The third-order valence-electron chi connectivity index (χ3n) is 3.24. The number of rotatable bonds is 4. The third kappa shape index (κ3) is 3.72. The molecule has 1 fully saturated rings. The summed E-state index contributed by atoms with van der Waals surface area (Å²) in [6.45, 7) is 8.33. The first kappa shape index (κ1) is 12.4. The summed E-state index contributed by atoms with van der Waals surface area (Å²) in [7, 11) is 0. The summed E-state index contributed by atoms with van der Waals surface area (Å²) in [5.74, 6) is 0. The molecule has 2 unspecified atom stereocenters. The predicted molar refractivity (Wildman–Crippen MR) is 71.4 cm³/mol. The van der Waals surface area contributed by atoms with Crippen molar-refractivity contribution in [2.75, 3.05) is 31.6 Å². The van der Waals surface area contributed by atoms with Crippen molar-refractivity contribution in [3.8, 4) is 0 Å². The number of hydrogen-bond acceptors (Lipinski definition) is 3. The summed E-state index contributed by atoms with van der Waals surface area (Å²) in [6, 6.07) is 10.9. The maximum atomic E-state index is 5.62. The van der Waals surface area contributed by atoms with Crippen molar-refractivity contribution in [1.82, 2.24) is 4.90 Å². The molecule has 0 spiro atoms. The van der Waals surface area contributed by atoms with Gasteiger partial charge in [-0.1, -0.05) is 18.2 Å². The van der Waals surface area contributed by atoms with Crippen LogP contribution in [0.1, 0.15) is 13.8 Å². The lowest BCUT2D eigenvalue weighted by atomic mass is 10.2. The number of ether oxygens (including phenoxy) is 1. The van der Waals surface area contributed by atoms with Crippen molar-refractivity contribution in [3.05, 3.63) is 30.3 Å². The molecule has 1 saturated heterocycles. The molecule has 1 aromatic rings. The Morgan fingerprint density at radius 2 is 2.06 bits per heavy atom. The zero-order valence-corrected chi connectivity index (χ0v) is 10.7. The van der Waals surface area contributed by atoms with E-state index < -0.39 is 0 Å². The second kappa shape index (κ2) is 6.03. The van der Waals surface area contributed by atoms with Crippen LogP contribution in [-0.2, 0) is 4.74 Å². The van der Waals surface area contributed by atoms with Crippen LogP contribution < -0.4 is 5.32 Å². The van der Waals surface area contributed by atoms with E-state index >= 15 is 0 Å². The molecule has 17 heavy (non-hydrogen) atoms. The summed E-state index contributed by atoms with van der Waals surface area (Å²) in [5, 5.41) is 3.44. The highest BCUT2D eigenvalue weighted by atomic mass is 16.5. The van der Waals surface area contributed by atoms with Gasteiger partial charge in [-0.05, 0) is 26.0 Å². The van der Waals surface area contributed by atoms with Gasteiger partial charge in [0, 0.05) is 31.4 Å². The zero-order valence-electron chi connectivity index (χ0n) is 10.7.